The van der Waals surface area contributed by atoms with Gasteiger partial charge in [0.05, 0.1) is 12.7 Å². The summed E-state index contributed by atoms with van der Waals surface area (Å²) in [4.78, 5) is 25.3. The normalized spacial score (nSPS) is 10.9. The van der Waals surface area contributed by atoms with Gasteiger partial charge in [-0.2, -0.15) is 5.26 Å². The molecule has 0 heterocycles. The number of amides is 1. The number of anilines is 1. The van der Waals surface area contributed by atoms with E-state index in [2.05, 4.69) is 5.32 Å². The number of nitriles is 1. The van der Waals surface area contributed by atoms with Gasteiger partial charge in [-0.1, -0.05) is 54.1 Å². The van der Waals surface area contributed by atoms with Crippen molar-refractivity contribution in [3.8, 4) is 17.6 Å². The summed E-state index contributed by atoms with van der Waals surface area (Å²) in [5.74, 6) is -0.646. The van der Waals surface area contributed by atoms with Gasteiger partial charge in [-0.05, 0) is 59.5 Å². The van der Waals surface area contributed by atoms with E-state index in [1.807, 2.05) is 42.5 Å². The van der Waals surface area contributed by atoms with Crippen LogP contribution in [0.4, 0.5) is 5.69 Å². The standard InChI is InChI=1S/C28H19ClN2O4/c1-34-26-16-18(9-14-25(26)35-28(33)20-10-12-22(29)13-11-20)15-21(17-30)27(32)31-24-8-4-6-19-5-2-3-7-23(19)24/h2-16H,1H3,(H,31,32)/b21-15+. The van der Waals surface area contributed by atoms with Gasteiger partial charge in [-0.15, -0.1) is 0 Å². The summed E-state index contributed by atoms with van der Waals surface area (Å²) in [6, 6.07) is 26.2. The second-order valence-corrected chi connectivity index (χ2v) is 7.89. The predicted molar refractivity (Wildman–Crippen MR) is 136 cm³/mol. The van der Waals surface area contributed by atoms with E-state index < -0.39 is 11.9 Å². The van der Waals surface area contributed by atoms with Gasteiger partial charge < -0.3 is 14.8 Å². The van der Waals surface area contributed by atoms with E-state index >= 15 is 0 Å². The summed E-state index contributed by atoms with van der Waals surface area (Å²) >= 11 is 5.86. The summed E-state index contributed by atoms with van der Waals surface area (Å²) in [7, 11) is 1.43. The molecule has 4 aromatic rings. The lowest BCUT2D eigenvalue weighted by Crippen LogP contribution is -2.13. The molecule has 0 aliphatic rings. The average Bonchev–Trinajstić information content (AvgIpc) is 2.88. The molecule has 0 fully saturated rings. The second kappa shape index (κ2) is 10.6. The van der Waals surface area contributed by atoms with Crippen molar-refractivity contribution in [1.29, 1.82) is 5.26 Å². The lowest BCUT2D eigenvalue weighted by Gasteiger charge is -2.11. The SMILES string of the molecule is COc1cc(/C=C(\C#N)C(=O)Nc2cccc3ccccc23)ccc1OC(=O)c1ccc(Cl)cc1. The first-order chi connectivity index (χ1) is 17.0. The third-order valence-electron chi connectivity index (χ3n) is 5.18. The number of carbonyl (C=O) groups excluding carboxylic acids is 2. The number of hydrogen-bond donors (Lipinski definition) is 1. The number of benzene rings is 4. The van der Waals surface area contributed by atoms with Gasteiger partial charge in [0.25, 0.3) is 5.91 Å². The van der Waals surface area contributed by atoms with Crippen LogP contribution in [0.1, 0.15) is 15.9 Å². The Morgan fingerprint density at radius 3 is 2.43 bits per heavy atom. The summed E-state index contributed by atoms with van der Waals surface area (Å²) in [6.07, 6.45) is 1.44. The van der Waals surface area contributed by atoms with Crippen LogP contribution in [0.25, 0.3) is 16.8 Å². The number of rotatable bonds is 6. The van der Waals surface area contributed by atoms with Crippen molar-refractivity contribution >= 4 is 46.0 Å². The van der Waals surface area contributed by atoms with Crippen molar-refractivity contribution in [3.63, 3.8) is 0 Å². The molecule has 0 saturated heterocycles. The third-order valence-corrected chi connectivity index (χ3v) is 5.44. The summed E-state index contributed by atoms with van der Waals surface area (Å²) in [5, 5.41) is 14.8. The fourth-order valence-corrected chi connectivity index (χ4v) is 3.57. The summed E-state index contributed by atoms with van der Waals surface area (Å²) in [5.41, 5.74) is 1.37. The molecule has 1 amide bonds. The number of methoxy groups -OCH3 is 1. The van der Waals surface area contributed by atoms with Crippen LogP contribution in [0.15, 0.2) is 90.5 Å². The van der Waals surface area contributed by atoms with E-state index in [-0.39, 0.29) is 17.1 Å². The maximum absolute atomic E-state index is 12.8. The van der Waals surface area contributed by atoms with Crippen LogP contribution in [0.2, 0.25) is 5.02 Å². The summed E-state index contributed by atoms with van der Waals surface area (Å²) < 4.78 is 10.8. The first kappa shape index (κ1) is 23.6. The van der Waals surface area contributed by atoms with Gasteiger partial charge in [-0.3, -0.25) is 4.79 Å². The molecule has 0 aliphatic carbocycles. The van der Waals surface area contributed by atoms with Gasteiger partial charge in [0, 0.05) is 16.1 Å². The molecule has 4 aromatic carbocycles. The number of nitrogens with one attached hydrogen (secondary N) is 1. The van der Waals surface area contributed by atoms with Crippen LogP contribution >= 0.6 is 11.6 Å². The fourth-order valence-electron chi connectivity index (χ4n) is 3.44. The third kappa shape index (κ3) is 5.49. The molecule has 0 aliphatic heterocycles. The van der Waals surface area contributed by atoms with Gasteiger partial charge >= 0.3 is 5.97 Å². The molecule has 35 heavy (non-hydrogen) atoms. The van der Waals surface area contributed by atoms with Crippen LogP contribution in [-0.4, -0.2) is 19.0 Å². The van der Waals surface area contributed by atoms with Crippen LogP contribution in [0.5, 0.6) is 11.5 Å². The van der Waals surface area contributed by atoms with Gasteiger partial charge in [0.1, 0.15) is 11.6 Å². The highest BCUT2D eigenvalue weighted by Gasteiger charge is 2.15. The highest BCUT2D eigenvalue weighted by Crippen LogP contribution is 2.30. The maximum atomic E-state index is 12.8. The number of fused-ring (bicyclic) bond motifs is 1. The highest BCUT2D eigenvalue weighted by atomic mass is 35.5. The quantitative estimate of drug-likeness (QED) is 0.151. The van der Waals surface area contributed by atoms with Crippen molar-refractivity contribution in [2.45, 2.75) is 0 Å². The molecule has 0 bridgehead atoms. The molecule has 0 atom stereocenters. The Bertz CT molecular complexity index is 1480. The zero-order valence-electron chi connectivity index (χ0n) is 18.6. The Labute approximate surface area is 207 Å². The minimum Gasteiger partial charge on any atom is -0.493 e. The van der Waals surface area contributed by atoms with E-state index in [1.54, 1.807) is 42.5 Å². The molecule has 0 unspecified atom stereocenters. The Morgan fingerprint density at radius 1 is 0.943 bits per heavy atom. The zero-order valence-corrected chi connectivity index (χ0v) is 19.4. The molecular weight excluding hydrogens is 464 g/mol. The Balaban J connectivity index is 1.55. The number of halogens is 1. The average molecular weight is 483 g/mol. The van der Waals surface area contributed by atoms with Crippen LogP contribution in [-0.2, 0) is 4.79 Å². The van der Waals surface area contributed by atoms with Crippen molar-refractivity contribution in [2.75, 3.05) is 12.4 Å². The Morgan fingerprint density at radius 2 is 1.69 bits per heavy atom. The first-order valence-electron chi connectivity index (χ1n) is 10.5. The second-order valence-electron chi connectivity index (χ2n) is 7.46. The summed E-state index contributed by atoms with van der Waals surface area (Å²) in [6.45, 7) is 0. The molecule has 0 aromatic heterocycles. The molecular formula is C28H19ClN2O4. The molecule has 172 valence electrons. The largest absolute Gasteiger partial charge is 0.493 e. The minimum atomic E-state index is -0.574. The zero-order chi connectivity index (χ0) is 24.8. The predicted octanol–water partition coefficient (Wildman–Crippen LogP) is 6.27. The van der Waals surface area contributed by atoms with Crippen molar-refractivity contribution in [1.82, 2.24) is 0 Å². The van der Waals surface area contributed by atoms with E-state index in [0.29, 0.717) is 21.8 Å². The van der Waals surface area contributed by atoms with Crippen molar-refractivity contribution < 1.29 is 19.1 Å². The number of hydrogen-bond acceptors (Lipinski definition) is 5. The lowest BCUT2D eigenvalue weighted by atomic mass is 10.1. The smallest absolute Gasteiger partial charge is 0.343 e. The maximum Gasteiger partial charge on any atom is 0.343 e. The van der Waals surface area contributed by atoms with Crippen molar-refractivity contribution in [3.05, 3.63) is 107 Å². The molecule has 0 radical (unpaired) electrons. The minimum absolute atomic E-state index is 0.0918. The number of carbonyl (C=O) groups is 2. The molecule has 0 saturated carbocycles. The molecule has 4 rings (SSSR count). The van der Waals surface area contributed by atoms with E-state index in [0.717, 1.165) is 10.8 Å². The van der Waals surface area contributed by atoms with Crippen LogP contribution in [0, 0.1) is 11.3 Å². The fraction of sp³-hybridized carbons (Fsp3) is 0.0357. The monoisotopic (exact) mass is 482 g/mol. The number of esters is 1. The van der Waals surface area contributed by atoms with Crippen LogP contribution < -0.4 is 14.8 Å². The van der Waals surface area contributed by atoms with E-state index in [9.17, 15) is 14.9 Å². The van der Waals surface area contributed by atoms with Crippen molar-refractivity contribution in [2.24, 2.45) is 0 Å². The van der Waals surface area contributed by atoms with Gasteiger partial charge in [0.15, 0.2) is 11.5 Å². The van der Waals surface area contributed by atoms with E-state index in [1.165, 1.54) is 19.3 Å². The van der Waals surface area contributed by atoms with E-state index in [4.69, 9.17) is 21.1 Å². The molecule has 1 N–H and O–H groups in total. The van der Waals surface area contributed by atoms with Gasteiger partial charge in [-0.25, -0.2) is 4.79 Å². The number of ether oxygens (including phenoxy) is 2. The molecule has 7 heteroatoms. The van der Waals surface area contributed by atoms with Crippen LogP contribution in [0.3, 0.4) is 0 Å². The lowest BCUT2D eigenvalue weighted by molar-refractivity contribution is -0.112. The number of nitrogens with zero attached hydrogens (tertiary/aromatic N) is 1. The molecule has 0 spiro atoms. The topological polar surface area (TPSA) is 88.4 Å². The van der Waals surface area contributed by atoms with Gasteiger partial charge in [0.2, 0.25) is 0 Å². The molecule has 6 nitrogen and oxygen atoms in total. The Hall–Kier alpha value is -4.60. The Kier molecular flexibility index (Phi) is 7.10. The highest BCUT2D eigenvalue weighted by molar-refractivity contribution is 6.30. The first-order valence-corrected chi connectivity index (χ1v) is 10.9.